The molecule has 0 unspecified atom stereocenters. The van der Waals surface area contributed by atoms with E-state index in [1.807, 2.05) is 85.1 Å². The van der Waals surface area contributed by atoms with Crippen molar-refractivity contribution in [3.8, 4) is 11.5 Å². The number of carbonyl (C=O) groups excluding carboxylic acids is 1. The minimum Gasteiger partial charge on any atom is -0.497 e. The summed E-state index contributed by atoms with van der Waals surface area (Å²) in [5, 5.41) is 0.0462. The molecule has 0 bridgehead atoms. The molecule has 189 valence electrons. The minimum atomic E-state index is -1.14. The molecule has 0 saturated heterocycles. The predicted octanol–water partition coefficient (Wildman–Crippen LogP) is 8.28. The Balaban J connectivity index is 1.96. The summed E-state index contributed by atoms with van der Waals surface area (Å²) in [4.78, 5) is 11.9. The lowest BCUT2D eigenvalue weighted by molar-refractivity contribution is 0.000173. The second kappa shape index (κ2) is 11.8. The molecule has 0 saturated carbocycles. The van der Waals surface area contributed by atoms with E-state index >= 15 is 0 Å². The van der Waals surface area contributed by atoms with Crippen LogP contribution in [0.2, 0.25) is 20.1 Å². The zero-order valence-electron chi connectivity index (χ0n) is 19.9. The second-order valence-electron chi connectivity index (χ2n) is 8.00. The summed E-state index contributed by atoms with van der Waals surface area (Å²) in [6, 6.07) is 24.8. The molecule has 8 heteroatoms. The van der Waals surface area contributed by atoms with Crippen LogP contribution in [0.4, 0.5) is 0 Å². The summed E-state index contributed by atoms with van der Waals surface area (Å²) in [7, 11) is 3.21. The molecule has 0 heterocycles. The zero-order valence-corrected chi connectivity index (χ0v) is 22.9. The number of benzene rings is 4. The van der Waals surface area contributed by atoms with Crippen LogP contribution in [0.25, 0.3) is 0 Å². The Bertz CT molecular complexity index is 1340. The highest BCUT2D eigenvalue weighted by atomic mass is 35.5. The summed E-state index contributed by atoms with van der Waals surface area (Å²) in [6.07, 6.45) is 1.84. The molecule has 37 heavy (non-hydrogen) atoms. The second-order valence-corrected chi connectivity index (χ2v) is 9.52. The number of hydrogen-bond acceptors (Lipinski definition) is 4. The van der Waals surface area contributed by atoms with Gasteiger partial charge in [-0.1, -0.05) is 101 Å². The molecule has 0 N–H and O–H groups in total. The molecule has 0 fully saturated rings. The normalized spacial score (nSPS) is 11.3. The Labute approximate surface area is 235 Å². The summed E-state index contributed by atoms with van der Waals surface area (Å²) in [5.74, 6) is 1.38. The monoisotopic (exact) mass is 573 g/mol. The maximum Gasteiger partial charge on any atom is 0.235 e. The van der Waals surface area contributed by atoms with E-state index in [-0.39, 0.29) is 37.8 Å². The average Bonchev–Trinajstić information content (AvgIpc) is 2.96. The Kier molecular flexibility index (Phi) is 8.68. The van der Waals surface area contributed by atoms with Crippen molar-refractivity contribution in [2.24, 2.45) is 0 Å². The lowest BCUT2D eigenvalue weighted by atomic mass is 9.80. The molecule has 4 nitrogen and oxygen atoms in total. The van der Waals surface area contributed by atoms with Crippen molar-refractivity contribution in [2.75, 3.05) is 14.2 Å². The predicted molar refractivity (Wildman–Crippen MR) is 148 cm³/mol. The summed E-state index contributed by atoms with van der Waals surface area (Å²) >= 11 is 25.4. The van der Waals surface area contributed by atoms with E-state index in [0.29, 0.717) is 11.5 Å². The van der Waals surface area contributed by atoms with Crippen molar-refractivity contribution in [3.05, 3.63) is 127 Å². The van der Waals surface area contributed by atoms with Gasteiger partial charge in [-0.25, -0.2) is 0 Å². The molecule has 0 aliphatic heterocycles. The molecular formula is C29H21Cl4O4. The molecule has 4 aromatic carbocycles. The summed E-state index contributed by atoms with van der Waals surface area (Å²) in [6.45, 7) is -0.132. The van der Waals surface area contributed by atoms with Gasteiger partial charge in [-0.05, 0) is 41.0 Å². The first-order valence-corrected chi connectivity index (χ1v) is 12.6. The van der Waals surface area contributed by atoms with E-state index in [4.69, 9.17) is 60.6 Å². The Morgan fingerprint density at radius 1 is 0.649 bits per heavy atom. The lowest BCUT2D eigenvalue weighted by Crippen LogP contribution is -2.33. The first kappa shape index (κ1) is 27.3. The third-order valence-corrected chi connectivity index (χ3v) is 7.91. The van der Waals surface area contributed by atoms with Crippen LogP contribution in [0.1, 0.15) is 27.8 Å². The van der Waals surface area contributed by atoms with Crippen LogP contribution in [0.5, 0.6) is 11.5 Å². The fourth-order valence-corrected chi connectivity index (χ4v) is 5.16. The summed E-state index contributed by atoms with van der Waals surface area (Å²) < 4.78 is 17.5. The van der Waals surface area contributed by atoms with Crippen molar-refractivity contribution in [2.45, 2.75) is 12.2 Å². The minimum absolute atomic E-state index is 0.00695. The highest BCUT2D eigenvalue weighted by Crippen LogP contribution is 2.45. The van der Waals surface area contributed by atoms with Gasteiger partial charge in [0, 0.05) is 5.56 Å². The van der Waals surface area contributed by atoms with E-state index in [9.17, 15) is 4.79 Å². The SMILES string of the molecule is COc1ccc(C(OCc2c(Cl)c(Cl)c(Cl)c(Cl)c2[C]=O)(c2ccccc2)c2ccc(OC)cc2)cc1. The van der Waals surface area contributed by atoms with Crippen LogP contribution < -0.4 is 9.47 Å². The highest BCUT2D eigenvalue weighted by Gasteiger charge is 2.38. The van der Waals surface area contributed by atoms with E-state index in [0.717, 1.165) is 16.7 Å². The number of halogens is 4. The van der Waals surface area contributed by atoms with E-state index in [1.54, 1.807) is 14.2 Å². The molecule has 0 aliphatic rings. The Morgan fingerprint density at radius 2 is 1.11 bits per heavy atom. The first-order chi connectivity index (χ1) is 17.9. The van der Waals surface area contributed by atoms with E-state index in [1.165, 1.54) is 0 Å². The molecular weight excluding hydrogens is 554 g/mol. The number of ether oxygens (including phenoxy) is 3. The third-order valence-electron chi connectivity index (χ3n) is 6.07. The first-order valence-electron chi connectivity index (χ1n) is 11.1. The van der Waals surface area contributed by atoms with Gasteiger partial charge in [-0.15, -0.1) is 0 Å². The largest absolute Gasteiger partial charge is 0.497 e. The van der Waals surface area contributed by atoms with Crippen molar-refractivity contribution in [3.63, 3.8) is 0 Å². The molecule has 0 aliphatic carbocycles. The van der Waals surface area contributed by atoms with Gasteiger partial charge >= 0.3 is 0 Å². The molecule has 4 rings (SSSR count). The molecule has 0 atom stereocenters. The fraction of sp³-hybridized carbons (Fsp3) is 0.138. The zero-order chi connectivity index (χ0) is 26.6. The maximum absolute atomic E-state index is 11.9. The van der Waals surface area contributed by atoms with Crippen LogP contribution in [-0.4, -0.2) is 20.5 Å². The number of methoxy groups -OCH3 is 2. The van der Waals surface area contributed by atoms with Crippen LogP contribution >= 0.6 is 46.4 Å². The van der Waals surface area contributed by atoms with Gasteiger partial charge in [0.15, 0.2) is 0 Å². The van der Waals surface area contributed by atoms with Gasteiger partial charge in [-0.2, -0.15) is 0 Å². The molecule has 0 spiro atoms. The van der Waals surface area contributed by atoms with Gasteiger partial charge in [0.1, 0.15) is 17.1 Å². The standard InChI is InChI=1S/C29H21Cl4O4/c1-35-21-12-8-19(9-13-21)29(18-6-4-3-5-7-18,20-10-14-22(36-2)15-11-20)37-17-24-23(16-34)25(30)27(32)28(33)26(24)31/h3-15H,17H2,1-2H3. The average molecular weight is 575 g/mol. The van der Waals surface area contributed by atoms with Gasteiger partial charge in [0.25, 0.3) is 0 Å². The van der Waals surface area contributed by atoms with Gasteiger partial charge in [-0.3, -0.25) is 4.79 Å². The van der Waals surface area contributed by atoms with Gasteiger partial charge in [0.2, 0.25) is 6.29 Å². The lowest BCUT2D eigenvalue weighted by Gasteiger charge is -2.36. The maximum atomic E-state index is 11.9. The fourth-order valence-electron chi connectivity index (χ4n) is 4.17. The molecule has 1 radical (unpaired) electrons. The number of rotatable bonds is 9. The van der Waals surface area contributed by atoms with Crippen molar-refractivity contribution in [1.29, 1.82) is 0 Å². The summed E-state index contributed by atoms with van der Waals surface area (Å²) in [5.41, 5.74) is 1.59. The van der Waals surface area contributed by atoms with Crippen molar-refractivity contribution in [1.82, 2.24) is 0 Å². The molecule has 4 aromatic rings. The van der Waals surface area contributed by atoms with Crippen LogP contribution in [0.15, 0.2) is 78.9 Å². The van der Waals surface area contributed by atoms with Crippen LogP contribution in [0.3, 0.4) is 0 Å². The van der Waals surface area contributed by atoms with Gasteiger partial charge in [0.05, 0.1) is 46.5 Å². The highest BCUT2D eigenvalue weighted by molar-refractivity contribution is 6.52. The molecule has 0 aromatic heterocycles. The van der Waals surface area contributed by atoms with Crippen molar-refractivity contribution >= 4 is 52.7 Å². The third kappa shape index (κ3) is 5.18. The van der Waals surface area contributed by atoms with Crippen LogP contribution in [-0.2, 0) is 21.7 Å². The van der Waals surface area contributed by atoms with E-state index < -0.39 is 5.60 Å². The quantitative estimate of drug-likeness (QED) is 0.115. The van der Waals surface area contributed by atoms with Crippen molar-refractivity contribution < 1.29 is 19.0 Å². The Hall–Kier alpha value is -2.73. The Morgan fingerprint density at radius 3 is 1.57 bits per heavy atom. The van der Waals surface area contributed by atoms with E-state index in [2.05, 4.69) is 0 Å². The molecule has 0 amide bonds. The van der Waals surface area contributed by atoms with Crippen LogP contribution in [0, 0.1) is 0 Å². The topological polar surface area (TPSA) is 44.8 Å². The number of hydrogen-bond donors (Lipinski definition) is 0. The smallest absolute Gasteiger partial charge is 0.235 e. The van der Waals surface area contributed by atoms with Gasteiger partial charge < -0.3 is 14.2 Å².